The molecule has 0 spiro atoms. The Morgan fingerprint density at radius 3 is 2.89 bits per heavy atom. The molecule has 0 aliphatic carbocycles. The van der Waals surface area contributed by atoms with E-state index < -0.39 is 0 Å². The van der Waals surface area contributed by atoms with Gasteiger partial charge < -0.3 is 10.4 Å². The van der Waals surface area contributed by atoms with Crippen LogP contribution in [-0.4, -0.2) is 29.7 Å². The van der Waals surface area contributed by atoms with Gasteiger partial charge in [0.05, 0.1) is 19.3 Å². The maximum atomic E-state index is 11.4. The number of hydrogen-bond acceptors (Lipinski definition) is 4. The van der Waals surface area contributed by atoms with E-state index in [9.17, 15) is 4.79 Å². The van der Waals surface area contributed by atoms with Gasteiger partial charge >= 0.3 is 0 Å². The van der Waals surface area contributed by atoms with E-state index >= 15 is 0 Å². The Morgan fingerprint density at radius 2 is 2.17 bits per heavy atom. The number of hydroxylamine groups is 1. The molecule has 1 aliphatic heterocycles. The summed E-state index contributed by atoms with van der Waals surface area (Å²) in [5.74, 6) is -0.0545. The topological polar surface area (TPSA) is 70.6 Å². The lowest BCUT2D eigenvalue weighted by molar-refractivity contribution is -0.126. The van der Waals surface area contributed by atoms with Gasteiger partial charge in [-0.2, -0.15) is 5.48 Å². The Bertz CT molecular complexity index is 383. The third-order valence-electron chi connectivity index (χ3n) is 2.92. The number of carbonyl (C=O) groups excluding carboxylic acids is 1. The molecule has 3 N–H and O–H groups in total. The second-order valence-corrected chi connectivity index (χ2v) is 4.48. The molecule has 0 bridgehead atoms. The predicted molar refractivity (Wildman–Crippen MR) is 66.4 cm³/mol. The van der Waals surface area contributed by atoms with E-state index in [2.05, 4.69) is 10.8 Å². The molecule has 5 heteroatoms. The second kappa shape index (κ2) is 6.49. The number of carbonyl (C=O) groups is 1. The molecule has 0 radical (unpaired) electrons. The minimum Gasteiger partial charge on any atom is -0.394 e. The summed E-state index contributed by atoms with van der Waals surface area (Å²) >= 11 is 0. The first-order chi connectivity index (χ1) is 8.78. The SMILES string of the molecule is O=C1C[C@H](NOCc2ccccc2)C[C@@H](CO)N1. The molecule has 1 saturated heterocycles. The van der Waals surface area contributed by atoms with Gasteiger partial charge in [0.2, 0.25) is 5.91 Å². The highest BCUT2D eigenvalue weighted by Crippen LogP contribution is 2.10. The summed E-state index contributed by atoms with van der Waals surface area (Å²) in [6.07, 6.45) is 1.06. The van der Waals surface area contributed by atoms with Gasteiger partial charge in [-0.05, 0) is 12.0 Å². The highest BCUT2D eigenvalue weighted by Gasteiger charge is 2.25. The number of benzene rings is 1. The van der Waals surface area contributed by atoms with Crippen LogP contribution in [0.15, 0.2) is 30.3 Å². The molecule has 18 heavy (non-hydrogen) atoms. The lowest BCUT2D eigenvalue weighted by Crippen LogP contribution is -2.50. The van der Waals surface area contributed by atoms with Crippen molar-refractivity contribution in [3.63, 3.8) is 0 Å². The summed E-state index contributed by atoms with van der Waals surface area (Å²) in [6.45, 7) is 0.422. The van der Waals surface area contributed by atoms with Crippen molar-refractivity contribution in [2.24, 2.45) is 0 Å². The van der Waals surface area contributed by atoms with Gasteiger partial charge in [-0.25, -0.2) is 0 Å². The van der Waals surface area contributed by atoms with Crippen LogP contribution in [0.1, 0.15) is 18.4 Å². The Balaban J connectivity index is 1.74. The van der Waals surface area contributed by atoms with E-state index in [1.807, 2.05) is 30.3 Å². The Kier molecular flexibility index (Phi) is 4.69. The number of piperidine rings is 1. The highest BCUT2D eigenvalue weighted by molar-refractivity contribution is 5.77. The van der Waals surface area contributed by atoms with E-state index in [-0.39, 0.29) is 24.6 Å². The molecule has 1 aromatic carbocycles. The van der Waals surface area contributed by atoms with Gasteiger partial charge in [-0.15, -0.1) is 0 Å². The zero-order valence-electron chi connectivity index (χ0n) is 10.1. The first-order valence-electron chi connectivity index (χ1n) is 6.09. The van der Waals surface area contributed by atoms with Crippen molar-refractivity contribution in [1.82, 2.24) is 10.8 Å². The normalized spacial score (nSPS) is 23.7. The molecular weight excluding hydrogens is 232 g/mol. The van der Waals surface area contributed by atoms with Crippen LogP contribution >= 0.6 is 0 Å². The third-order valence-corrected chi connectivity index (χ3v) is 2.92. The van der Waals surface area contributed by atoms with E-state index in [0.29, 0.717) is 19.4 Å². The second-order valence-electron chi connectivity index (χ2n) is 4.48. The van der Waals surface area contributed by atoms with Crippen molar-refractivity contribution in [3.05, 3.63) is 35.9 Å². The van der Waals surface area contributed by atoms with Gasteiger partial charge in [0.25, 0.3) is 0 Å². The molecule has 2 atom stereocenters. The minimum atomic E-state index is -0.177. The van der Waals surface area contributed by atoms with Crippen LogP contribution in [0.25, 0.3) is 0 Å². The smallest absolute Gasteiger partial charge is 0.221 e. The van der Waals surface area contributed by atoms with Crippen molar-refractivity contribution in [2.45, 2.75) is 31.5 Å². The molecule has 0 unspecified atom stereocenters. The van der Waals surface area contributed by atoms with Crippen molar-refractivity contribution >= 4 is 5.91 Å². The Morgan fingerprint density at radius 1 is 1.39 bits per heavy atom. The van der Waals surface area contributed by atoms with Crippen molar-refractivity contribution < 1.29 is 14.7 Å². The van der Waals surface area contributed by atoms with Crippen LogP contribution in [0.2, 0.25) is 0 Å². The first-order valence-corrected chi connectivity index (χ1v) is 6.09. The number of aliphatic hydroxyl groups excluding tert-OH is 1. The lowest BCUT2D eigenvalue weighted by Gasteiger charge is -2.28. The number of amides is 1. The van der Waals surface area contributed by atoms with E-state index in [4.69, 9.17) is 9.94 Å². The van der Waals surface area contributed by atoms with Crippen LogP contribution < -0.4 is 10.8 Å². The number of rotatable bonds is 5. The molecule has 0 aromatic heterocycles. The van der Waals surface area contributed by atoms with Crippen LogP contribution in [0, 0.1) is 0 Å². The zero-order chi connectivity index (χ0) is 12.8. The molecule has 1 aliphatic rings. The molecule has 2 rings (SSSR count). The van der Waals surface area contributed by atoms with E-state index in [1.165, 1.54) is 0 Å². The summed E-state index contributed by atoms with van der Waals surface area (Å²) in [7, 11) is 0. The third kappa shape index (κ3) is 3.80. The first kappa shape index (κ1) is 13.0. The Labute approximate surface area is 106 Å². The molecule has 1 aromatic rings. The van der Waals surface area contributed by atoms with Crippen LogP contribution in [0.3, 0.4) is 0 Å². The molecule has 1 heterocycles. The fraction of sp³-hybridized carbons (Fsp3) is 0.462. The lowest BCUT2D eigenvalue weighted by atomic mass is 10.0. The number of nitrogens with one attached hydrogen (secondary N) is 2. The molecule has 0 saturated carbocycles. The summed E-state index contributed by atoms with van der Waals surface area (Å²) in [6, 6.07) is 9.60. The summed E-state index contributed by atoms with van der Waals surface area (Å²) in [5.41, 5.74) is 3.97. The van der Waals surface area contributed by atoms with Crippen molar-refractivity contribution in [3.8, 4) is 0 Å². The van der Waals surface area contributed by atoms with Crippen LogP contribution in [-0.2, 0) is 16.2 Å². The molecule has 5 nitrogen and oxygen atoms in total. The van der Waals surface area contributed by atoms with Gasteiger partial charge in [-0.1, -0.05) is 30.3 Å². The minimum absolute atomic E-state index is 0.0391. The van der Waals surface area contributed by atoms with E-state index in [1.54, 1.807) is 0 Å². The quantitative estimate of drug-likeness (QED) is 0.659. The fourth-order valence-electron chi connectivity index (χ4n) is 2.02. The van der Waals surface area contributed by atoms with Crippen molar-refractivity contribution in [1.29, 1.82) is 0 Å². The van der Waals surface area contributed by atoms with Gasteiger partial charge in [0.1, 0.15) is 0 Å². The van der Waals surface area contributed by atoms with Gasteiger partial charge in [0.15, 0.2) is 0 Å². The number of aliphatic hydroxyl groups is 1. The van der Waals surface area contributed by atoms with Gasteiger partial charge in [-0.3, -0.25) is 9.63 Å². The molecule has 98 valence electrons. The fourth-order valence-corrected chi connectivity index (χ4v) is 2.02. The maximum absolute atomic E-state index is 11.4. The predicted octanol–water partition coefficient (Wildman–Crippen LogP) is 0.347. The molecule has 1 amide bonds. The monoisotopic (exact) mass is 250 g/mol. The van der Waals surface area contributed by atoms with Gasteiger partial charge in [0, 0.05) is 12.5 Å². The Hall–Kier alpha value is -1.43. The summed E-state index contributed by atoms with van der Waals surface area (Å²) in [4.78, 5) is 16.7. The maximum Gasteiger partial charge on any atom is 0.221 e. The molecular formula is C13H18N2O3. The average molecular weight is 250 g/mol. The van der Waals surface area contributed by atoms with Crippen LogP contribution in [0.5, 0.6) is 0 Å². The largest absolute Gasteiger partial charge is 0.394 e. The standard InChI is InChI=1S/C13H18N2O3/c16-8-12-6-11(7-13(17)14-12)15-18-9-10-4-2-1-3-5-10/h1-5,11-12,15-16H,6-9H2,(H,14,17)/t11-,12+/m1/s1. The van der Waals surface area contributed by atoms with E-state index in [0.717, 1.165) is 5.56 Å². The summed E-state index contributed by atoms with van der Waals surface area (Å²) in [5, 5.41) is 11.8. The highest BCUT2D eigenvalue weighted by atomic mass is 16.6. The average Bonchev–Trinajstić information content (AvgIpc) is 2.39. The number of hydrogen-bond donors (Lipinski definition) is 3. The van der Waals surface area contributed by atoms with Crippen molar-refractivity contribution in [2.75, 3.05) is 6.61 Å². The zero-order valence-corrected chi connectivity index (χ0v) is 10.1. The summed E-state index contributed by atoms with van der Waals surface area (Å²) < 4.78 is 0. The molecule has 1 fully saturated rings. The van der Waals surface area contributed by atoms with Crippen LogP contribution in [0.4, 0.5) is 0 Å².